The fourth-order valence-electron chi connectivity index (χ4n) is 3.59. The summed E-state index contributed by atoms with van der Waals surface area (Å²) in [6.07, 6.45) is 4.26. The number of carbonyl (C=O) groups excluding carboxylic acids is 1. The van der Waals surface area contributed by atoms with Crippen molar-refractivity contribution in [2.24, 2.45) is 5.92 Å². The van der Waals surface area contributed by atoms with Crippen LogP contribution in [0, 0.1) is 19.8 Å². The van der Waals surface area contributed by atoms with Gasteiger partial charge in [-0.2, -0.15) is 0 Å². The van der Waals surface area contributed by atoms with Crippen LogP contribution in [0.2, 0.25) is 0 Å². The molecule has 0 aliphatic carbocycles. The number of furan rings is 1. The van der Waals surface area contributed by atoms with Gasteiger partial charge < -0.3 is 9.73 Å². The van der Waals surface area contributed by atoms with E-state index in [0.29, 0.717) is 5.92 Å². The van der Waals surface area contributed by atoms with Crippen LogP contribution in [-0.2, 0) is 6.54 Å². The highest BCUT2D eigenvalue weighted by molar-refractivity contribution is 7.98. The zero-order valence-electron chi connectivity index (χ0n) is 15.9. The molecule has 2 heterocycles. The molecule has 0 atom stereocenters. The van der Waals surface area contributed by atoms with Gasteiger partial charge in [0.2, 0.25) is 0 Å². The van der Waals surface area contributed by atoms with Crippen molar-refractivity contribution in [2.75, 3.05) is 25.9 Å². The Morgan fingerprint density at radius 2 is 2.00 bits per heavy atom. The Morgan fingerprint density at radius 1 is 1.27 bits per heavy atom. The van der Waals surface area contributed by atoms with E-state index in [1.807, 2.05) is 44.4 Å². The van der Waals surface area contributed by atoms with E-state index in [1.54, 1.807) is 11.8 Å². The smallest absolute Gasteiger partial charge is 0.252 e. The quantitative estimate of drug-likeness (QED) is 0.770. The molecular formula is C21H28N2O2S. The maximum Gasteiger partial charge on any atom is 0.252 e. The highest BCUT2D eigenvalue weighted by Gasteiger charge is 2.21. The molecule has 1 aliphatic rings. The fourth-order valence-corrected chi connectivity index (χ4v) is 4.19. The zero-order valence-corrected chi connectivity index (χ0v) is 16.7. The van der Waals surface area contributed by atoms with Crippen molar-refractivity contribution < 1.29 is 9.21 Å². The standard InChI is InChI=1S/C21H28N2O2S/c1-15-12-18(16(2)25-15)14-23-10-8-17(9-11-23)13-22-21(24)19-6-4-5-7-20(19)26-3/h4-7,12,17H,8-11,13-14H2,1-3H3,(H,22,24). The molecular weight excluding hydrogens is 344 g/mol. The van der Waals surface area contributed by atoms with Gasteiger partial charge in [-0.1, -0.05) is 12.1 Å². The van der Waals surface area contributed by atoms with E-state index in [1.165, 1.54) is 5.56 Å². The SMILES string of the molecule is CSc1ccccc1C(=O)NCC1CCN(Cc2cc(C)oc2C)CC1. The van der Waals surface area contributed by atoms with Gasteiger partial charge in [-0.15, -0.1) is 11.8 Å². The van der Waals surface area contributed by atoms with E-state index in [0.717, 1.165) is 61.0 Å². The van der Waals surface area contributed by atoms with Crippen LogP contribution < -0.4 is 5.32 Å². The molecule has 0 saturated carbocycles. The van der Waals surface area contributed by atoms with Crippen molar-refractivity contribution in [3.8, 4) is 0 Å². The molecule has 1 N–H and O–H groups in total. The van der Waals surface area contributed by atoms with E-state index >= 15 is 0 Å². The van der Waals surface area contributed by atoms with Gasteiger partial charge in [-0.3, -0.25) is 9.69 Å². The third-order valence-electron chi connectivity index (χ3n) is 5.15. The summed E-state index contributed by atoms with van der Waals surface area (Å²) in [4.78, 5) is 16.0. The summed E-state index contributed by atoms with van der Waals surface area (Å²) in [7, 11) is 0. The first-order valence-electron chi connectivity index (χ1n) is 9.26. The first kappa shape index (κ1) is 19.1. The Bertz CT molecular complexity index is 748. The number of hydrogen-bond acceptors (Lipinski definition) is 4. The average Bonchev–Trinajstić information content (AvgIpc) is 2.97. The molecule has 0 bridgehead atoms. The normalized spacial score (nSPS) is 16.0. The minimum atomic E-state index is 0.0434. The van der Waals surface area contributed by atoms with Gasteiger partial charge in [-0.05, 0) is 70.2 Å². The maximum absolute atomic E-state index is 12.5. The molecule has 26 heavy (non-hydrogen) atoms. The third kappa shape index (κ3) is 4.71. The molecule has 4 nitrogen and oxygen atoms in total. The highest BCUT2D eigenvalue weighted by Crippen LogP contribution is 2.22. The molecule has 3 rings (SSSR count). The molecule has 0 spiro atoms. The molecule has 5 heteroatoms. The fraction of sp³-hybridized carbons (Fsp3) is 0.476. The lowest BCUT2D eigenvalue weighted by atomic mass is 9.96. The van der Waals surface area contributed by atoms with E-state index in [-0.39, 0.29) is 5.91 Å². The van der Waals surface area contributed by atoms with Crippen LogP contribution in [0.15, 0.2) is 39.6 Å². The predicted octanol–water partition coefficient (Wildman–Crippen LogP) is 4.26. The van der Waals surface area contributed by atoms with Crippen LogP contribution in [-0.4, -0.2) is 36.7 Å². The Kier molecular flexibility index (Phi) is 6.43. The first-order chi connectivity index (χ1) is 12.6. The topological polar surface area (TPSA) is 45.5 Å². The van der Waals surface area contributed by atoms with Gasteiger partial charge >= 0.3 is 0 Å². The van der Waals surface area contributed by atoms with E-state index < -0.39 is 0 Å². The second kappa shape index (κ2) is 8.78. The molecule has 1 aromatic carbocycles. The molecule has 1 saturated heterocycles. The van der Waals surface area contributed by atoms with Crippen LogP contribution >= 0.6 is 11.8 Å². The number of aryl methyl sites for hydroxylation is 2. The summed E-state index contributed by atoms with van der Waals surface area (Å²) in [5.74, 6) is 2.62. The molecule has 1 amide bonds. The lowest BCUT2D eigenvalue weighted by Crippen LogP contribution is -2.38. The summed E-state index contributed by atoms with van der Waals surface area (Å²) < 4.78 is 5.63. The molecule has 1 fully saturated rings. The van der Waals surface area contributed by atoms with Crippen molar-refractivity contribution in [1.82, 2.24) is 10.2 Å². The van der Waals surface area contributed by atoms with Gasteiger partial charge in [0.25, 0.3) is 5.91 Å². The summed E-state index contributed by atoms with van der Waals surface area (Å²) in [6, 6.07) is 9.94. The van der Waals surface area contributed by atoms with Gasteiger partial charge in [-0.25, -0.2) is 0 Å². The minimum absolute atomic E-state index is 0.0434. The van der Waals surface area contributed by atoms with E-state index in [2.05, 4.69) is 16.3 Å². The van der Waals surface area contributed by atoms with Crippen molar-refractivity contribution in [3.63, 3.8) is 0 Å². The lowest BCUT2D eigenvalue weighted by Gasteiger charge is -2.31. The number of nitrogens with one attached hydrogen (secondary N) is 1. The number of piperidine rings is 1. The van der Waals surface area contributed by atoms with Gasteiger partial charge in [0.15, 0.2) is 0 Å². The number of thioether (sulfide) groups is 1. The first-order valence-corrected chi connectivity index (χ1v) is 10.5. The third-order valence-corrected chi connectivity index (χ3v) is 5.94. The number of amides is 1. The molecule has 140 valence electrons. The number of likely N-dealkylation sites (tertiary alicyclic amines) is 1. The van der Waals surface area contributed by atoms with Crippen molar-refractivity contribution in [1.29, 1.82) is 0 Å². The van der Waals surface area contributed by atoms with Crippen LogP contribution in [0.25, 0.3) is 0 Å². The predicted molar refractivity (Wildman–Crippen MR) is 107 cm³/mol. The lowest BCUT2D eigenvalue weighted by molar-refractivity contribution is 0.0932. The van der Waals surface area contributed by atoms with Crippen molar-refractivity contribution in [3.05, 3.63) is 53.0 Å². The van der Waals surface area contributed by atoms with E-state index in [4.69, 9.17) is 4.42 Å². The monoisotopic (exact) mass is 372 g/mol. The van der Waals surface area contributed by atoms with Gasteiger partial charge in [0.05, 0.1) is 5.56 Å². The molecule has 2 aromatic rings. The number of hydrogen-bond donors (Lipinski definition) is 1. The van der Waals surface area contributed by atoms with Crippen LogP contribution in [0.5, 0.6) is 0 Å². The Hall–Kier alpha value is -1.72. The number of nitrogens with zero attached hydrogens (tertiary/aromatic N) is 1. The Balaban J connectivity index is 1.45. The Labute approximate surface area is 160 Å². The summed E-state index contributed by atoms with van der Waals surface area (Å²) in [5.41, 5.74) is 2.08. The molecule has 0 unspecified atom stereocenters. The maximum atomic E-state index is 12.5. The van der Waals surface area contributed by atoms with Crippen LogP contribution in [0.4, 0.5) is 0 Å². The number of benzene rings is 1. The second-order valence-corrected chi connectivity index (χ2v) is 7.92. The average molecular weight is 373 g/mol. The summed E-state index contributed by atoms with van der Waals surface area (Å²) in [5, 5.41) is 3.13. The zero-order chi connectivity index (χ0) is 18.5. The Morgan fingerprint density at radius 3 is 2.65 bits per heavy atom. The second-order valence-electron chi connectivity index (χ2n) is 7.07. The largest absolute Gasteiger partial charge is 0.466 e. The van der Waals surface area contributed by atoms with E-state index in [9.17, 15) is 4.79 Å². The van der Waals surface area contributed by atoms with Gasteiger partial charge in [0, 0.05) is 23.5 Å². The number of rotatable bonds is 6. The minimum Gasteiger partial charge on any atom is -0.466 e. The van der Waals surface area contributed by atoms with Crippen molar-refractivity contribution >= 4 is 17.7 Å². The molecule has 1 aliphatic heterocycles. The summed E-state index contributed by atoms with van der Waals surface area (Å²) in [6.45, 7) is 7.91. The van der Waals surface area contributed by atoms with Crippen molar-refractivity contribution in [2.45, 2.75) is 38.1 Å². The molecule has 0 radical (unpaired) electrons. The molecule has 1 aromatic heterocycles. The highest BCUT2D eigenvalue weighted by atomic mass is 32.2. The van der Waals surface area contributed by atoms with Gasteiger partial charge in [0.1, 0.15) is 11.5 Å². The van der Waals surface area contributed by atoms with Crippen LogP contribution in [0.3, 0.4) is 0 Å². The van der Waals surface area contributed by atoms with Crippen LogP contribution in [0.1, 0.15) is 40.3 Å². The number of carbonyl (C=O) groups is 1. The summed E-state index contributed by atoms with van der Waals surface area (Å²) >= 11 is 1.61.